The molecule has 6 heteroatoms. The molecule has 5 atom stereocenters. The third-order valence-electron chi connectivity index (χ3n) is 5.44. The van der Waals surface area contributed by atoms with Crippen LogP contribution in [0, 0.1) is 34.0 Å². The molecule has 21 heavy (non-hydrogen) atoms. The summed E-state index contributed by atoms with van der Waals surface area (Å²) in [4.78, 5) is 34.2. The second kappa shape index (κ2) is 4.44. The van der Waals surface area contributed by atoms with Crippen molar-refractivity contribution >= 4 is 11.9 Å². The summed E-state index contributed by atoms with van der Waals surface area (Å²) < 4.78 is 5.31. The van der Waals surface area contributed by atoms with Crippen LogP contribution in [0.2, 0.25) is 0 Å². The van der Waals surface area contributed by atoms with E-state index in [2.05, 4.69) is 6.07 Å². The molecule has 0 amide bonds. The minimum atomic E-state index is -0.998. The monoisotopic (exact) mass is 293 g/mol. The average Bonchev–Trinajstić information content (AvgIpc) is 3.04. The van der Waals surface area contributed by atoms with Crippen LogP contribution in [0.3, 0.4) is 0 Å². The van der Waals surface area contributed by atoms with Gasteiger partial charge in [0.05, 0.1) is 11.5 Å². The van der Waals surface area contributed by atoms with Gasteiger partial charge in [-0.2, -0.15) is 10.1 Å². The van der Waals surface area contributed by atoms with Crippen molar-refractivity contribution in [1.82, 2.24) is 0 Å². The summed E-state index contributed by atoms with van der Waals surface area (Å²) in [5, 5.41) is 9.30. The molecule has 0 aromatic heterocycles. The van der Waals surface area contributed by atoms with E-state index in [-0.39, 0.29) is 11.8 Å². The number of ether oxygens (including phenoxy) is 1. The first-order valence-electron chi connectivity index (χ1n) is 7.36. The smallest absolute Gasteiger partial charge is 0.347 e. The number of carbonyl (C=O) groups is 2. The molecule has 2 aliphatic carbocycles. The second-order valence-corrected chi connectivity index (χ2v) is 6.93. The van der Waals surface area contributed by atoms with Crippen LogP contribution >= 0.6 is 0 Å². The molecular formula is C15H19NO5. The molecule has 3 fully saturated rings. The van der Waals surface area contributed by atoms with Crippen LogP contribution < -0.4 is 0 Å². The van der Waals surface area contributed by atoms with Crippen LogP contribution in [-0.4, -0.2) is 24.1 Å². The third kappa shape index (κ3) is 1.80. The van der Waals surface area contributed by atoms with Crippen molar-refractivity contribution in [2.75, 3.05) is 0 Å². The first kappa shape index (κ1) is 14.3. The van der Waals surface area contributed by atoms with Gasteiger partial charge in [0.15, 0.2) is 5.41 Å². The Morgan fingerprint density at radius 3 is 2.90 bits per heavy atom. The maximum Gasteiger partial charge on any atom is 0.347 e. The summed E-state index contributed by atoms with van der Waals surface area (Å²) in [7, 11) is 0. The fourth-order valence-electron chi connectivity index (χ4n) is 3.61. The number of nitrogens with zero attached hydrogens (tertiary/aromatic N) is 1. The van der Waals surface area contributed by atoms with Gasteiger partial charge in [0.1, 0.15) is 12.2 Å². The maximum atomic E-state index is 11.9. The van der Waals surface area contributed by atoms with E-state index < -0.39 is 35.0 Å². The van der Waals surface area contributed by atoms with E-state index in [0.29, 0.717) is 19.3 Å². The number of esters is 1. The lowest BCUT2D eigenvalue weighted by molar-refractivity contribution is -0.321. The van der Waals surface area contributed by atoms with Gasteiger partial charge in [0.2, 0.25) is 0 Å². The highest BCUT2D eigenvalue weighted by atomic mass is 17.2. The Kier molecular flexibility index (Phi) is 3.03. The fourth-order valence-corrected chi connectivity index (χ4v) is 3.61. The zero-order valence-corrected chi connectivity index (χ0v) is 12.4. The van der Waals surface area contributed by atoms with Crippen molar-refractivity contribution in [2.24, 2.45) is 22.7 Å². The molecule has 0 radical (unpaired) electrons. The van der Waals surface area contributed by atoms with Crippen molar-refractivity contribution in [3.63, 3.8) is 0 Å². The SMILES string of the molecule is CCC(C)(C)C(=O)OOC1C2CC3C1OC(=O)C3(C#N)C2. The number of nitriles is 1. The lowest BCUT2D eigenvalue weighted by Gasteiger charge is -2.27. The van der Waals surface area contributed by atoms with Crippen LogP contribution in [0.15, 0.2) is 0 Å². The van der Waals surface area contributed by atoms with Gasteiger partial charge in [-0.15, -0.1) is 0 Å². The summed E-state index contributed by atoms with van der Waals surface area (Å²) in [6, 6.07) is 2.13. The maximum absolute atomic E-state index is 11.9. The largest absolute Gasteiger partial charge is 0.458 e. The first-order chi connectivity index (χ1) is 9.85. The van der Waals surface area contributed by atoms with E-state index >= 15 is 0 Å². The number of hydrogen-bond acceptors (Lipinski definition) is 6. The van der Waals surface area contributed by atoms with Gasteiger partial charge in [-0.05, 0) is 39.0 Å². The van der Waals surface area contributed by atoms with Gasteiger partial charge in [-0.25, -0.2) is 4.79 Å². The Bertz CT molecular complexity index is 537. The molecule has 2 bridgehead atoms. The average molecular weight is 293 g/mol. The van der Waals surface area contributed by atoms with E-state index in [1.165, 1.54) is 0 Å². The topological polar surface area (TPSA) is 85.6 Å². The highest BCUT2D eigenvalue weighted by Crippen LogP contribution is 2.62. The molecule has 6 nitrogen and oxygen atoms in total. The molecule has 3 rings (SSSR count). The number of fused-ring (bicyclic) bond motifs is 1. The lowest BCUT2D eigenvalue weighted by atomic mass is 9.75. The van der Waals surface area contributed by atoms with E-state index in [1.807, 2.05) is 6.92 Å². The standard InChI is InChI=1S/C15H19NO5/c1-4-14(2,3)12(17)21-20-10-8-5-9-11(10)19-13(18)15(9,6-8)7-16/h8-11H,4-6H2,1-3H3. The molecule has 2 saturated carbocycles. The summed E-state index contributed by atoms with van der Waals surface area (Å²) in [5.74, 6) is -0.982. The van der Waals surface area contributed by atoms with Crippen LogP contribution in [-0.2, 0) is 24.1 Å². The van der Waals surface area contributed by atoms with E-state index in [9.17, 15) is 14.9 Å². The van der Waals surface area contributed by atoms with Gasteiger partial charge in [-0.1, -0.05) is 6.92 Å². The van der Waals surface area contributed by atoms with E-state index in [0.717, 1.165) is 0 Å². The van der Waals surface area contributed by atoms with Gasteiger partial charge in [-0.3, -0.25) is 9.68 Å². The molecule has 0 N–H and O–H groups in total. The van der Waals surface area contributed by atoms with Crippen LogP contribution in [0.25, 0.3) is 0 Å². The number of hydrogen-bond donors (Lipinski definition) is 0. The molecule has 0 spiro atoms. The Morgan fingerprint density at radius 2 is 2.29 bits per heavy atom. The molecule has 5 unspecified atom stereocenters. The predicted octanol–water partition coefficient (Wildman–Crippen LogP) is 1.74. The van der Waals surface area contributed by atoms with Gasteiger partial charge >= 0.3 is 11.9 Å². The zero-order chi connectivity index (χ0) is 15.4. The Labute approximate surface area is 123 Å². The molecule has 0 aromatic rings. The van der Waals surface area contributed by atoms with Crippen molar-refractivity contribution in [3.8, 4) is 6.07 Å². The van der Waals surface area contributed by atoms with Crippen LogP contribution in [0.5, 0.6) is 0 Å². The van der Waals surface area contributed by atoms with Crippen LogP contribution in [0.4, 0.5) is 0 Å². The minimum Gasteiger partial charge on any atom is -0.458 e. The van der Waals surface area contributed by atoms with Gasteiger partial charge in [0.25, 0.3) is 0 Å². The Balaban J connectivity index is 1.68. The summed E-state index contributed by atoms with van der Waals surface area (Å²) in [6.45, 7) is 5.48. The van der Waals surface area contributed by atoms with Gasteiger partial charge < -0.3 is 4.74 Å². The Morgan fingerprint density at radius 1 is 1.57 bits per heavy atom. The van der Waals surface area contributed by atoms with E-state index in [4.69, 9.17) is 14.5 Å². The van der Waals surface area contributed by atoms with Crippen LogP contribution in [0.1, 0.15) is 40.0 Å². The van der Waals surface area contributed by atoms with E-state index in [1.54, 1.807) is 13.8 Å². The molecule has 0 aromatic carbocycles. The molecular weight excluding hydrogens is 274 g/mol. The molecule has 1 heterocycles. The van der Waals surface area contributed by atoms with Crippen molar-refractivity contribution < 1.29 is 24.1 Å². The molecule has 114 valence electrons. The van der Waals surface area contributed by atoms with Crippen molar-refractivity contribution in [2.45, 2.75) is 52.2 Å². The van der Waals surface area contributed by atoms with Crippen molar-refractivity contribution in [1.29, 1.82) is 5.26 Å². The number of rotatable bonds is 4. The summed E-state index contributed by atoms with van der Waals surface area (Å²) in [6.07, 6.45) is 0.877. The van der Waals surface area contributed by atoms with Crippen molar-refractivity contribution in [3.05, 3.63) is 0 Å². The third-order valence-corrected chi connectivity index (χ3v) is 5.44. The quantitative estimate of drug-likeness (QED) is 0.446. The fraction of sp³-hybridized carbons (Fsp3) is 0.800. The molecule has 1 saturated heterocycles. The number of carbonyl (C=O) groups excluding carboxylic acids is 2. The molecule has 3 aliphatic rings. The minimum absolute atomic E-state index is 0.0311. The normalized spacial score (nSPS) is 40.0. The summed E-state index contributed by atoms with van der Waals surface area (Å²) >= 11 is 0. The van der Waals surface area contributed by atoms with Gasteiger partial charge in [0, 0.05) is 5.92 Å². The lowest BCUT2D eigenvalue weighted by Crippen LogP contribution is -2.40. The molecule has 1 aliphatic heterocycles. The Hall–Kier alpha value is -1.61. The second-order valence-electron chi connectivity index (χ2n) is 6.93. The zero-order valence-electron chi connectivity index (χ0n) is 12.4. The summed E-state index contributed by atoms with van der Waals surface area (Å²) in [5.41, 5.74) is -1.61. The first-order valence-corrected chi connectivity index (χ1v) is 7.36. The highest BCUT2D eigenvalue weighted by Gasteiger charge is 2.72. The predicted molar refractivity (Wildman–Crippen MR) is 69.2 cm³/mol. The highest BCUT2D eigenvalue weighted by molar-refractivity contribution is 5.84.